The monoisotopic (exact) mass is 395 g/mol. The number of rotatable bonds is 5. The fourth-order valence-corrected chi connectivity index (χ4v) is 3.50. The third-order valence-electron chi connectivity index (χ3n) is 4.40. The molecule has 1 aliphatic rings. The standard InChI is InChI=1S/C21H21N3O3S/c1-4-27-17-9-8-14(11-18(17)26-3)19-23-20(25)16(12-22)21(28)24(19)15-7-5-6-13(2)10-15/h5-11,19,28H,4H2,1-3H3,(H,23,25)/t19-/m1/s1. The fourth-order valence-electron chi connectivity index (χ4n) is 3.12. The van der Waals surface area contributed by atoms with Crippen molar-refractivity contribution in [3.63, 3.8) is 0 Å². The van der Waals surface area contributed by atoms with Gasteiger partial charge >= 0.3 is 0 Å². The van der Waals surface area contributed by atoms with Gasteiger partial charge in [-0.05, 0) is 49.2 Å². The number of anilines is 1. The molecule has 0 saturated heterocycles. The van der Waals surface area contributed by atoms with Crippen LogP contribution < -0.4 is 19.7 Å². The summed E-state index contributed by atoms with van der Waals surface area (Å²) in [4.78, 5) is 14.3. The minimum atomic E-state index is -0.552. The molecule has 0 aromatic heterocycles. The van der Waals surface area contributed by atoms with Crippen LogP contribution in [0.5, 0.6) is 11.5 Å². The van der Waals surface area contributed by atoms with Gasteiger partial charge in [0.1, 0.15) is 17.8 Å². The van der Waals surface area contributed by atoms with E-state index in [0.29, 0.717) is 23.1 Å². The number of benzene rings is 2. The van der Waals surface area contributed by atoms with E-state index >= 15 is 0 Å². The van der Waals surface area contributed by atoms with Crippen molar-refractivity contribution < 1.29 is 14.3 Å². The topological polar surface area (TPSA) is 74.6 Å². The smallest absolute Gasteiger partial charge is 0.266 e. The number of hydrogen-bond donors (Lipinski definition) is 2. The molecule has 0 saturated carbocycles. The molecule has 0 spiro atoms. The molecule has 0 unspecified atom stereocenters. The summed E-state index contributed by atoms with van der Waals surface area (Å²) in [6.45, 7) is 4.39. The molecule has 1 N–H and O–H groups in total. The lowest BCUT2D eigenvalue weighted by molar-refractivity contribution is -0.118. The van der Waals surface area contributed by atoms with E-state index < -0.39 is 12.1 Å². The number of ether oxygens (including phenoxy) is 2. The predicted octanol–water partition coefficient (Wildman–Crippen LogP) is 3.70. The highest BCUT2D eigenvalue weighted by atomic mass is 32.1. The van der Waals surface area contributed by atoms with Gasteiger partial charge in [0.05, 0.1) is 18.7 Å². The first-order chi connectivity index (χ1) is 13.5. The van der Waals surface area contributed by atoms with Crippen molar-refractivity contribution in [1.29, 1.82) is 5.26 Å². The van der Waals surface area contributed by atoms with Gasteiger partial charge < -0.3 is 19.7 Å². The number of carbonyl (C=O) groups excluding carboxylic acids is 1. The number of nitriles is 1. The van der Waals surface area contributed by atoms with Crippen molar-refractivity contribution in [3.8, 4) is 17.6 Å². The maximum atomic E-state index is 12.5. The minimum Gasteiger partial charge on any atom is -0.493 e. The zero-order chi connectivity index (χ0) is 20.3. The molecular weight excluding hydrogens is 374 g/mol. The molecule has 6 nitrogen and oxygen atoms in total. The van der Waals surface area contributed by atoms with Gasteiger partial charge in [-0.25, -0.2) is 0 Å². The molecular formula is C21H21N3O3S. The second-order valence-electron chi connectivity index (χ2n) is 6.24. The van der Waals surface area contributed by atoms with E-state index in [4.69, 9.17) is 9.47 Å². The lowest BCUT2D eigenvalue weighted by Gasteiger charge is -2.38. The van der Waals surface area contributed by atoms with E-state index in [9.17, 15) is 10.1 Å². The molecule has 3 rings (SSSR count). The highest BCUT2D eigenvalue weighted by molar-refractivity contribution is 7.84. The lowest BCUT2D eigenvalue weighted by Crippen LogP contribution is -2.46. The molecule has 144 valence electrons. The van der Waals surface area contributed by atoms with E-state index in [1.165, 1.54) is 0 Å². The Balaban J connectivity index is 2.14. The van der Waals surface area contributed by atoms with Crippen LogP contribution in [0.2, 0.25) is 0 Å². The van der Waals surface area contributed by atoms with Crippen molar-refractivity contribution in [2.24, 2.45) is 0 Å². The molecule has 0 aliphatic carbocycles. The Bertz CT molecular complexity index is 981. The summed E-state index contributed by atoms with van der Waals surface area (Å²) in [5.41, 5.74) is 2.62. The largest absolute Gasteiger partial charge is 0.493 e. The van der Waals surface area contributed by atoms with Crippen LogP contribution in [-0.2, 0) is 4.79 Å². The van der Waals surface area contributed by atoms with Gasteiger partial charge in [-0.3, -0.25) is 4.79 Å². The van der Waals surface area contributed by atoms with Crippen LogP contribution in [0.4, 0.5) is 5.69 Å². The average Bonchev–Trinajstić information content (AvgIpc) is 2.68. The van der Waals surface area contributed by atoms with Crippen molar-refractivity contribution >= 4 is 24.2 Å². The fraction of sp³-hybridized carbons (Fsp3) is 0.238. The van der Waals surface area contributed by atoms with Crippen molar-refractivity contribution in [1.82, 2.24) is 5.32 Å². The quantitative estimate of drug-likeness (QED) is 0.755. The SMILES string of the molecule is CCOc1ccc([C@@H]2NC(=O)C(C#N)=C(S)N2c2cccc(C)c2)cc1OC. The Hall–Kier alpha value is -3.11. The molecule has 0 fully saturated rings. The van der Waals surface area contributed by atoms with E-state index in [1.807, 2.05) is 61.2 Å². The van der Waals surface area contributed by atoms with Crippen molar-refractivity contribution in [2.45, 2.75) is 20.0 Å². The number of aryl methyl sites for hydroxylation is 1. The van der Waals surface area contributed by atoms with Gasteiger partial charge in [0.25, 0.3) is 5.91 Å². The zero-order valence-electron chi connectivity index (χ0n) is 15.9. The summed E-state index contributed by atoms with van der Waals surface area (Å²) in [5.74, 6) is 0.722. The van der Waals surface area contributed by atoms with Crippen LogP contribution in [-0.4, -0.2) is 19.6 Å². The first kappa shape index (κ1) is 19.6. The van der Waals surface area contributed by atoms with Gasteiger partial charge in [-0.15, -0.1) is 12.6 Å². The summed E-state index contributed by atoms with van der Waals surface area (Å²) in [6.07, 6.45) is -0.552. The van der Waals surface area contributed by atoms with Gasteiger partial charge in [-0.2, -0.15) is 5.26 Å². The Kier molecular flexibility index (Phi) is 5.81. The number of carbonyl (C=O) groups is 1. The second-order valence-corrected chi connectivity index (χ2v) is 6.66. The number of nitrogens with one attached hydrogen (secondary N) is 1. The van der Waals surface area contributed by atoms with Crippen LogP contribution in [0, 0.1) is 18.3 Å². The summed E-state index contributed by atoms with van der Waals surface area (Å²) in [7, 11) is 1.57. The number of methoxy groups -OCH3 is 1. The highest BCUT2D eigenvalue weighted by Crippen LogP contribution is 2.38. The number of thiol groups is 1. The maximum absolute atomic E-state index is 12.5. The Morgan fingerprint density at radius 3 is 2.68 bits per heavy atom. The van der Waals surface area contributed by atoms with E-state index in [0.717, 1.165) is 16.8 Å². The third-order valence-corrected chi connectivity index (χ3v) is 4.84. The Labute approximate surface area is 169 Å². The summed E-state index contributed by atoms with van der Waals surface area (Å²) in [6, 6.07) is 15.2. The summed E-state index contributed by atoms with van der Waals surface area (Å²) in [5, 5.41) is 12.6. The van der Waals surface area contributed by atoms with Gasteiger partial charge in [0, 0.05) is 5.69 Å². The second kappa shape index (κ2) is 8.28. The van der Waals surface area contributed by atoms with Crippen molar-refractivity contribution in [2.75, 3.05) is 18.6 Å². The maximum Gasteiger partial charge on any atom is 0.266 e. The first-order valence-electron chi connectivity index (χ1n) is 8.81. The van der Waals surface area contributed by atoms with Crippen LogP contribution in [0.25, 0.3) is 0 Å². The van der Waals surface area contributed by atoms with E-state index in [-0.39, 0.29) is 5.57 Å². The highest BCUT2D eigenvalue weighted by Gasteiger charge is 2.34. The van der Waals surface area contributed by atoms with Crippen LogP contribution in [0.1, 0.15) is 24.2 Å². The minimum absolute atomic E-state index is 0.0287. The van der Waals surface area contributed by atoms with Crippen LogP contribution in [0.3, 0.4) is 0 Å². The number of nitrogens with zero attached hydrogens (tertiary/aromatic N) is 2. The number of hydrogen-bond acceptors (Lipinski definition) is 6. The molecule has 7 heteroatoms. The summed E-state index contributed by atoms with van der Waals surface area (Å²) >= 11 is 4.51. The number of amides is 1. The molecule has 1 aliphatic heterocycles. The summed E-state index contributed by atoms with van der Waals surface area (Å²) < 4.78 is 11.0. The van der Waals surface area contributed by atoms with Crippen LogP contribution in [0.15, 0.2) is 53.1 Å². The average molecular weight is 395 g/mol. The molecule has 1 heterocycles. The third kappa shape index (κ3) is 3.64. The van der Waals surface area contributed by atoms with Gasteiger partial charge in [0.15, 0.2) is 11.5 Å². The van der Waals surface area contributed by atoms with E-state index in [2.05, 4.69) is 17.9 Å². The molecule has 0 bridgehead atoms. The first-order valence-corrected chi connectivity index (χ1v) is 9.25. The van der Waals surface area contributed by atoms with Gasteiger partial charge in [-0.1, -0.05) is 18.2 Å². The predicted molar refractivity (Wildman–Crippen MR) is 110 cm³/mol. The molecule has 2 aromatic rings. The molecule has 1 atom stereocenters. The molecule has 1 amide bonds. The zero-order valence-corrected chi connectivity index (χ0v) is 16.8. The normalized spacial score (nSPS) is 16.5. The molecule has 28 heavy (non-hydrogen) atoms. The Morgan fingerprint density at radius 1 is 1.25 bits per heavy atom. The Morgan fingerprint density at radius 2 is 2.04 bits per heavy atom. The molecule has 0 radical (unpaired) electrons. The van der Waals surface area contributed by atoms with E-state index in [1.54, 1.807) is 13.2 Å². The molecule has 2 aromatic carbocycles. The van der Waals surface area contributed by atoms with Crippen molar-refractivity contribution in [3.05, 3.63) is 64.2 Å². The van der Waals surface area contributed by atoms with Gasteiger partial charge in [0.2, 0.25) is 0 Å². The lowest BCUT2D eigenvalue weighted by atomic mass is 10.1. The van der Waals surface area contributed by atoms with Crippen LogP contribution >= 0.6 is 12.6 Å².